The molecule has 0 aromatic carbocycles. The second kappa shape index (κ2) is 8.22. The number of hydrogen-bond acceptors (Lipinski definition) is 5. The number of rotatable bonds is 5. The normalized spacial score (nSPS) is 23.0. The molecule has 23 heavy (non-hydrogen) atoms. The van der Waals surface area contributed by atoms with Crippen LogP contribution in [0.2, 0.25) is 0 Å². The fraction of sp³-hybridized carbons (Fsp3) is 0.765. The smallest absolute Gasteiger partial charge is 0.224 e. The molecule has 0 bridgehead atoms. The molecular weight excluding hydrogens is 308 g/mol. The van der Waals surface area contributed by atoms with Crippen molar-refractivity contribution in [2.75, 3.05) is 34.2 Å². The van der Waals surface area contributed by atoms with Gasteiger partial charge in [0, 0.05) is 24.0 Å². The molecule has 0 spiro atoms. The average Bonchev–Trinajstić information content (AvgIpc) is 2.74. The van der Waals surface area contributed by atoms with E-state index in [-0.39, 0.29) is 11.8 Å². The minimum atomic E-state index is 0.0871. The second-order valence-corrected chi connectivity index (χ2v) is 8.07. The molecule has 2 rings (SSSR count). The summed E-state index contributed by atoms with van der Waals surface area (Å²) in [6.45, 7) is 6.63. The van der Waals surface area contributed by atoms with Crippen molar-refractivity contribution in [2.45, 2.75) is 45.7 Å². The van der Waals surface area contributed by atoms with Gasteiger partial charge in [-0.05, 0) is 47.3 Å². The number of nitrogens with zero attached hydrogens (tertiary/aromatic N) is 3. The third-order valence-electron chi connectivity index (χ3n) is 4.65. The molecule has 1 fully saturated rings. The van der Waals surface area contributed by atoms with Crippen LogP contribution in [0.3, 0.4) is 0 Å². The van der Waals surface area contributed by atoms with Crippen molar-refractivity contribution in [1.29, 1.82) is 0 Å². The summed E-state index contributed by atoms with van der Waals surface area (Å²) < 4.78 is 0. The van der Waals surface area contributed by atoms with Gasteiger partial charge in [0.1, 0.15) is 0 Å². The van der Waals surface area contributed by atoms with Gasteiger partial charge < -0.3 is 15.1 Å². The lowest BCUT2D eigenvalue weighted by Gasteiger charge is -2.25. The highest BCUT2D eigenvalue weighted by Gasteiger charge is 2.27. The van der Waals surface area contributed by atoms with Crippen molar-refractivity contribution < 1.29 is 4.79 Å². The van der Waals surface area contributed by atoms with E-state index in [9.17, 15) is 4.79 Å². The van der Waals surface area contributed by atoms with Crippen LogP contribution in [-0.4, -0.2) is 61.0 Å². The summed E-state index contributed by atoms with van der Waals surface area (Å²) >= 11 is 1.69. The predicted octanol–water partition coefficient (Wildman–Crippen LogP) is 1.90. The Bertz CT molecular complexity index is 529. The number of nitrogens with one attached hydrogen (secondary N) is 1. The third-order valence-corrected chi connectivity index (χ3v) is 5.66. The number of likely N-dealkylation sites (N-methyl/N-ethyl adjacent to an activating group) is 2. The van der Waals surface area contributed by atoms with E-state index < -0.39 is 0 Å². The maximum Gasteiger partial charge on any atom is 0.224 e. The molecular formula is C17H30N4OS. The molecule has 1 amide bonds. The lowest BCUT2D eigenvalue weighted by Crippen LogP contribution is -2.39. The van der Waals surface area contributed by atoms with E-state index in [2.05, 4.69) is 48.2 Å². The zero-order valence-corrected chi connectivity index (χ0v) is 15.9. The molecule has 1 N–H and O–H groups in total. The van der Waals surface area contributed by atoms with Gasteiger partial charge in [0.2, 0.25) is 5.91 Å². The Hall–Kier alpha value is -0.980. The lowest BCUT2D eigenvalue weighted by atomic mass is 10.0. The number of amides is 1. The van der Waals surface area contributed by atoms with Crippen LogP contribution in [-0.2, 0) is 17.8 Å². The van der Waals surface area contributed by atoms with Gasteiger partial charge in [-0.1, -0.05) is 6.92 Å². The SMILES string of the molecule is CCc1nc(C)sc1CNC(=O)[C@@H]1CC[C@H](N(C)C)CN(C)C1. The van der Waals surface area contributed by atoms with Crippen LogP contribution >= 0.6 is 11.3 Å². The molecule has 1 saturated heterocycles. The molecule has 0 radical (unpaired) electrons. The van der Waals surface area contributed by atoms with Crippen molar-refractivity contribution in [3.63, 3.8) is 0 Å². The number of aromatic nitrogens is 1. The molecule has 0 unspecified atom stereocenters. The molecule has 6 heteroatoms. The largest absolute Gasteiger partial charge is 0.351 e. The fourth-order valence-electron chi connectivity index (χ4n) is 3.26. The molecule has 0 aliphatic carbocycles. The van der Waals surface area contributed by atoms with E-state index in [1.807, 2.05) is 6.92 Å². The van der Waals surface area contributed by atoms with Gasteiger partial charge in [-0.3, -0.25) is 4.79 Å². The number of carbonyl (C=O) groups is 1. The first-order valence-electron chi connectivity index (χ1n) is 8.48. The number of carbonyl (C=O) groups excluding carboxylic acids is 1. The van der Waals surface area contributed by atoms with Crippen LogP contribution in [0, 0.1) is 12.8 Å². The predicted molar refractivity (Wildman–Crippen MR) is 95.8 cm³/mol. The van der Waals surface area contributed by atoms with Gasteiger partial charge in [0.05, 0.1) is 23.2 Å². The van der Waals surface area contributed by atoms with Crippen molar-refractivity contribution in [1.82, 2.24) is 20.1 Å². The monoisotopic (exact) mass is 338 g/mol. The van der Waals surface area contributed by atoms with Crippen LogP contribution in [0.5, 0.6) is 0 Å². The van der Waals surface area contributed by atoms with E-state index in [4.69, 9.17) is 0 Å². The Morgan fingerprint density at radius 3 is 2.78 bits per heavy atom. The number of likely N-dealkylation sites (tertiary alicyclic amines) is 1. The minimum Gasteiger partial charge on any atom is -0.351 e. The van der Waals surface area contributed by atoms with Crippen LogP contribution in [0.1, 0.15) is 35.3 Å². The highest BCUT2D eigenvalue weighted by molar-refractivity contribution is 7.11. The highest BCUT2D eigenvalue weighted by atomic mass is 32.1. The van der Waals surface area contributed by atoms with Crippen molar-refractivity contribution >= 4 is 17.2 Å². The molecule has 130 valence electrons. The summed E-state index contributed by atoms with van der Waals surface area (Å²) in [6, 6.07) is 0.536. The molecule has 1 aliphatic rings. The quantitative estimate of drug-likeness (QED) is 0.891. The van der Waals surface area contributed by atoms with E-state index in [0.29, 0.717) is 12.6 Å². The molecule has 1 aromatic heterocycles. The van der Waals surface area contributed by atoms with Crippen LogP contribution in [0.15, 0.2) is 0 Å². The van der Waals surface area contributed by atoms with Gasteiger partial charge in [-0.25, -0.2) is 4.98 Å². The highest BCUT2D eigenvalue weighted by Crippen LogP contribution is 2.21. The molecule has 0 saturated carbocycles. The average molecular weight is 339 g/mol. The number of hydrogen-bond donors (Lipinski definition) is 1. The summed E-state index contributed by atoms with van der Waals surface area (Å²) in [5, 5.41) is 4.22. The van der Waals surface area contributed by atoms with Gasteiger partial charge in [0.15, 0.2) is 0 Å². The molecule has 1 aliphatic heterocycles. The molecule has 1 aromatic rings. The Labute approximate surface area is 144 Å². The second-order valence-electron chi connectivity index (χ2n) is 6.79. The first-order chi connectivity index (χ1) is 10.9. The van der Waals surface area contributed by atoms with Crippen LogP contribution < -0.4 is 5.32 Å². The van der Waals surface area contributed by atoms with Gasteiger partial charge in [-0.2, -0.15) is 0 Å². The summed E-state index contributed by atoms with van der Waals surface area (Å²) in [7, 11) is 6.36. The summed E-state index contributed by atoms with van der Waals surface area (Å²) in [4.78, 5) is 22.9. The van der Waals surface area contributed by atoms with Crippen molar-refractivity contribution in [3.8, 4) is 0 Å². The Balaban J connectivity index is 1.92. The Morgan fingerprint density at radius 2 is 2.13 bits per heavy atom. The van der Waals surface area contributed by atoms with Gasteiger partial charge in [-0.15, -0.1) is 11.3 Å². The Kier molecular flexibility index (Phi) is 6.56. The topological polar surface area (TPSA) is 48.5 Å². The number of aryl methyl sites for hydroxylation is 2. The molecule has 2 heterocycles. The zero-order chi connectivity index (χ0) is 17.0. The maximum absolute atomic E-state index is 12.6. The lowest BCUT2D eigenvalue weighted by molar-refractivity contribution is -0.125. The van der Waals surface area contributed by atoms with E-state index in [1.54, 1.807) is 11.3 Å². The number of thiazole rings is 1. The van der Waals surface area contributed by atoms with Crippen LogP contribution in [0.4, 0.5) is 0 Å². The summed E-state index contributed by atoms with van der Waals surface area (Å²) in [5.74, 6) is 0.272. The minimum absolute atomic E-state index is 0.0871. The fourth-order valence-corrected chi connectivity index (χ4v) is 4.23. The van der Waals surface area contributed by atoms with E-state index in [0.717, 1.165) is 43.1 Å². The van der Waals surface area contributed by atoms with E-state index in [1.165, 1.54) is 4.88 Å². The first kappa shape index (κ1) is 18.4. The Morgan fingerprint density at radius 1 is 1.39 bits per heavy atom. The third kappa shape index (κ3) is 4.99. The van der Waals surface area contributed by atoms with Crippen molar-refractivity contribution in [2.24, 2.45) is 5.92 Å². The molecule has 2 atom stereocenters. The van der Waals surface area contributed by atoms with Gasteiger partial charge in [0.25, 0.3) is 0 Å². The van der Waals surface area contributed by atoms with Crippen LogP contribution in [0.25, 0.3) is 0 Å². The summed E-state index contributed by atoms with van der Waals surface area (Å²) in [5.41, 5.74) is 1.12. The zero-order valence-electron chi connectivity index (χ0n) is 15.1. The van der Waals surface area contributed by atoms with Crippen molar-refractivity contribution in [3.05, 3.63) is 15.6 Å². The molecule has 5 nitrogen and oxygen atoms in total. The van der Waals surface area contributed by atoms with Gasteiger partial charge >= 0.3 is 0 Å². The van der Waals surface area contributed by atoms with E-state index >= 15 is 0 Å². The first-order valence-corrected chi connectivity index (χ1v) is 9.30. The standard InChI is InChI=1S/C17H30N4OS/c1-6-15-16(23-12(2)19-15)9-18-17(22)13-7-8-14(20(3)4)11-21(5)10-13/h13-14H,6-11H2,1-5H3,(H,18,22)/t13-,14+/m1/s1. The summed E-state index contributed by atoms with van der Waals surface area (Å²) in [6.07, 6.45) is 2.96. The maximum atomic E-state index is 12.6.